The van der Waals surface area contributed by atoms with E-state index in [4.69, 9.17) is 19.5 Å². The van der Waals surface area contributed by atoms with Gasteiger partial charge in [0.25, 0.3) is 0 Å². The molecule has 4 heteroatoms. The fourth-order valence-corrected chi connectivity index (χ4v) is 6.11. The summed E-state index contributed by atoms with van der Waals surface area (Å²) in [6.45, 7) is 16.9. The smallest absolute Gasteiger partial charge is 0.217 e. The molecule has 7 rings (SSSR count). The lowest BCUT2D eigenvalue weighted by Crippen LogP contribution is -2.41. The van der Waals surface area contributed by atoms with Crippen molar-refractivity contribution in [2.24, 2.45) is 9.98 Å². The van der Waals surface area contributed by atoms with E-state index in [9.17, 15) is 0 Å². The van der Waals surface area contributed by atoms with Gasteiger partial charge in [-0.2, -0.15) is 0 Å². The van der Waals surface area contributed by atoms with Gasteiger partial charge in [-0.15, -0.1) is 0 Å². The molecule has 0 N–H and O–H groups in total. The molecule has 0 bridgehead atoms. The van der Waals surface area contributed by atoms with Gasteiger partial charge in [0.15, 0.2) is 0 Å². The van der Waals surface area contributed by atoms with Crippen LogP contribution in [0.4, 0.5) is 0 Å². The average Bonchev–Trinajstić information content (AvgIpc) is 3.35. The van der Waals surface area contributed by atoms with Crippen LogP contribution >= 0.6 is 0 Å². The van der Waals surface area contributed by atoms with E-state index < -0.39 is 0 Å². The number of ether oxygens (including phenoxy) is 2. The molecule has 0 saturated heterocycles. The van der Waals surface area contributed by atoms with Gasteiger partial charge in [0.05, 0.1) is 11.1 Å². The first-order valence-electron chi connectivity index (χ1n) is 15.5. The molecule has 5 aromatic rings. The number of hydrogen-bond acceptors (Lipinski definition) is 4. The predicted molar refractivity (Wildman–Crippen MR) is 184 cm³/mol. The fraction of sp³-hybridized carbons (Fsp3) is 0.300. The van der Waals surface area contributed by atoms with Crippen LogP contribution in [-0.2, 0) is 9.47 Å². The molecular formula is C40H40N2O2. The quantitative estimate of drug-likeness (QED) is 0.199. The summed E-state index contributed by atoms with van der Waals surface area (Å²) in [5.74, 6) is 1.42. The fourth-order valence-electron chi connectivity index (χ4n) is 6.11. The van der Waals surface area contributed by atoms with Gasteiger partial charge < -0.3 is 9.47 Å². The lowest BCUT2D eigenvalue weighted by molar-refractivity contribution is 0.0618. The van der Waals surface area contributed by atoms with Crippen molar-refractivity contribution < 1.29 is 9.47 Å². The summed E-state index contributed by atoms with van der Waals surface area (Å²) in [5.41, 5.74) is 5.52. The Morgan fingerprint density at radius 3 is 0.909 bits per heavy atom. The molecule has 0 aliphatic carbocycles. The van der Waals surface area contributed by atoms with Crippen molar-refractivity contribution in [1.29, 1.82) is 0 Å². The zero-order chi connectivity index (χ0) is 31.1. The van der Waals surface area contributed by atoms with Gasteiger partial charge in [-0.3, -0.25) is 0 Å². The van der Waals surface area contributed by atoms with E-state index in [1.54, 1.807) is 0 Å². The summed E-state index contributed by atoms with van der Waals surface area (Å²) in [6, 6.07) is 34.8. The van der Waals surface area contributed by atoms with Gasteiger partial charge in [0.1, 0.15) is 11.2 Å². The molecule has 2 aliphatic heterocycles. The maximum Gasteiger partial charge on any atom is 0.217 e. The maximum atomic E-state index is 6.30. The molecule has 0 spiro atoms. The third-order valence-corrected chi connectivity index (χ3v) is 10.2. The molecule has 0 radical (unpaired) electrons. The first-order chi connectivity index (χ1) is 20.8. The molecule has 0 fully saturated rings. The monoisotopic (exact) mass is 580 g/mol. The van der Waals surface area contributed by atoms with Crippen molar-refractivity contribution >= 4 is 33.3 Å². The Labute approximate surface area is 260 Å². The van der Waals surface area contributed by atoms with Gasteiger partial charge in [-0.25, -0.2) is 9.98 Å². The van der Waals surface area contributed by atoms with Crippen molar-refractivity contribution in [2.75, 3.05) is 0 Å². The minimum Gasteiger partial charge on any atom is -0.469 e. The second kappa shape index (κ2) is 9.53. The van der Waals surface area contributed by atoms with E-state index in [2.05, 4.69) is 152 Å². The van der Waals surface area contributed by atoms with Crippen LogP contribution in [0.5, 0.6) is 0 Å². The van der Waals surface area contributed by atoms with E-state index in [1.807, 2.05) is 0 Å². The molecule has 2 aliphatic rings. The van der Waals surface area contributed by atoms with Crippen molar-refractivity contribution in [3.63, 3.8) is 0 Å². The molecule has 44 heavy (non-hydrogen) atoms. The number of aliphatic imine (C=N–C) groups is 2. The van der Waals surface area contributed by atoms with Crippen LogP contribution in [0.1, 0.15) is 66.5 Å². The SMILES string of the molecule is CC1(C)N=C(c2ccc(-c3c4ccccc4c(-c4ccc(C5=NC(C)(C)C(C)(C)O5)cc4)c4ccccc34)cc2)OC1(C)C. The molecule has 2 heterocycles. The highest BCUT2D eigenvalue weighted by molar-refractivity contribution is 6.21. The minimum absolute atomic E-state index is 0.286. The van der Waals surface area contributed by atoms with E-state index in [1.165, 1.54) is 43.8 Å². The number of rotatable bonds is 4. The normalized spacial score (nSPS) is 19.4. The van der Waals surface area contributed by atoms with E-state index in [0.29, 0.717) is 11.8 Å². The molecule has 0 atom stereocenters. The Morgan fingerprint density at radius 2 is 0.659 bits per heavy atom. The summed E-state index contributed by atoms with van der Waals surface area (Å²) >= 11 is 0. The Morgan fingerprint density at radius 1 is 0.386 bits per heavy atom. The summed E-state index contributed by atoms with van der Waals surface area (Å²) < 4.78 is 12.6. The van der Waals surface area contributed by atoms with Crippen molar-refractivity contribution in [1.82, 2.24) is 0 Å². The zero-order valence-corrected chi connectivity index (χ0v) is 26.9. The first-order valence-corrected chi connectivity index (χ1v) is 15.5. The summed E-state index contributed by atoms with van der Waals surface area (Å²) in [6.07, 6.45) is 0. The molecule has 0 aromatic heterocycles. The zero-order valence-electron chi connectivity index (χ0n) is 26.9. The lowest BCUT2D eigenvalue weighted by atomic mass is 9.85. The van der Waals surface area contributed by atoms with Gasteiger partial charge in [-0.05, 0) is 123 Å². The highest BCUT2D eigenvalue weighted by Crippen LogP contribution is 2.44. The van der Waals surface area contributed by atoms with Gasteiger partial charge in [0, 0.05) is 11.1 Å². The van der Waals surface area contributed by atoms with Crippen molar-refractivity contribution in [3.8, 4) is 22.3 Å². The summed E-state index contributed by atoms with van der Waals surface area (Å²) in [7, 11) is 0. The number of fused-ring (bicyclic) bond motifs is 2. The highest BCUT2D eigenvalue weighted by Gasteiger charge is 2.46. The van der Waals surface area contributed by atoms with E-state index >= 15 is 0 Å². The maximum absolute atomic E-state index is 6.30. The molecule has 222 valence electrons. The standard InChI is InChI=1S/C40H40N2O2/c1-37(2)39(5,6)43-35(41-37)27-21-17-25(18-22-27)33-29-13-9-11-15-31(29)34(32-16-12-10-14-30(32)33)26-19-23-28(24-20-26)36-42-38(3,4)40(7,8)44-36/h9-24H,1-8H3. The van der Waals surface area contributed by atoms with Gasteiger partial charge >= 0.3 is 0 Å². The minimum atomic E-state index is -0.355. The van der Waals surface area contributed by atoms with Crippen LogP contribution in [0.3, 0.4) is 0 Å². The Balaban J connectivity index is 1.34. The van der Waals surface area contributed by atoms with Crippen LogP contribution in [0.15, 0.2) is 107 Å². The Bertz CT molecular complexity index is 1790. The van der Waals surface area contributed by atoms with Crippen LogP contribution < -0.4 is 0 Å². The predicted octanol–water partition coefficient (Wildman–Crippen LogP) is 9.99. The van der Waals surface area contributed by atoms with Gasteiger partial charge in [0.2, 0.25) is 11.8 Å². The third kappa shape index (κ3) is 4.34. The van der Waals surface area contributed by atoms with Crippen molar-refractivity contribution in [3.05, 3.63) is 108 Å². The second-order valence-corrected chi connectivity index (χ2v) is 14.2. The van der Waals surface area contributed by atoms with Crippen LogP contribution in [0, 0.1) is 0 Å². The molecule has 4 nitrogen and oxygen atoms in total. The van der Waals surface area contributed by atoms with E-state index in [-0.39, 0.29) is 22.3 Å². The summed E-state index contributed by atoms with van der Waals surface area (Å²) in [5, 5.41) is 4.90. The number of nitrogens with zero attached hydrogens (tertiary/aromatic N) is 2. The number of benzene rings is 5. The van der Waals surface area contributed by atoms with Crippen molar-refractivity contribution in [2.45, 2.75) is 77.7 Å². The second-order valence-electron chi connectivity index (χ2n) is 14.2. The molecule has 0 saturated carbocycles. The molecule has 5 aromatic carbocycles. The highest BCUT2D eigenvalue weighted by atomic mass is 16.5. The molecule has 0 amide bonds. The average molecular weight is 581 g/mol. The van der Waals surface area contributed by atoms with Crippen LogP contribution in [0.2, 0.25) is 0 Å². The van der Waals surface area contributed by atoms with Crippen LogP contribution in [0.25, 0.3) is 43.8 Å². The van der Waals surface area contributed by atoms with E-state index in [0.717, 1.165) is 11.1 Å². The first kappa shape index (κ1) is 28.3. The number of hydrogen-bond donors (Lipinski definition) is 0. The lowest BCUT2D eigenvalue weighted by Gasteiger charge is -2.30. The van der Waals surface area contributed by atoms with Gasteiger partial charge in [-0.1, -0.05) is 72.8 Å². The topological polar surface area (TPSA) is 43.2 Å². The summed E-state index contributed by atoms with van der Waals surface area (Å²) in [4.78, 5) is 9.83. The Hall–Kier alpha value is -4.44. The van der Waals surface area contributed by atoms with Crippen LogP contribution in [-0.4, -0.2) is 34.1 Å². The molecular weight excluding hydrogens is 540 g/mol. The Kier molecular flexibility index (Phi) is 6.14. The largest absolute Gasteiger partial charge is 0.469 e. The third-order valence-electron chi connectivity index (χ3n) is 10.2. The molecule has 0 unspecified atom stereocenters.